The third kappa shape index (κ3) is 8.11. The topological polar surface area (TPSA) is 148 Å². The van der Waals surface area contributed by atoms with Crippen molar-refractivity contribution in [2.75, 3.05) is 13.1 Å². The van der Waals surface area contributed by atoms with E-state index < -0.39 is 36.4 Å². The normalized spacial score (nSPS) is 13.4. The van der Waals surface area contributed by atoms with Crippen molar-refractivity contribution in [1.82, 2.24) is 10.6 Å². The van der Waals surface area contributed by atoms with E-state index >= 15 is 0 Å². The van der Waals surface area contributed by atoms with Crippen LogP contribution >= 0.6 is 0 Å². The van der Waals surface area contributed by atoms with Crippen LogP contribution in [0.15, 0.2) is 0 Å². The summed E-state index contributed by atoms with van der Waals surface area (Å²) in [5.74, 6) is -2.13. The zero-order chi connectivity index (χ0) is 14.8. The van der Waals surface area contributed by atoms with E-state index in [0.717, 1.165) is 6.42 Å². The van der Waals surface area contributed by atoms with Crippen LogP contribution in [0.1, 0.15) is 26.2 Å². The first-order valence-electron chi connectivity index (χ1n) is 6.14. The van der Waals surface area contributed by atoms with Crippen LogP contribution in [0.25, 0.3) is 0 Å². The van der Waals surface area contributed by atoms with Crippen LogP contribution < -0.4 is 22.1 Å². The maximum atomic E-state index is 11.7. The van der Waals surface area contributed by atoms with Gasteiger partial charge in [0.15, 0.2) is 0 Å². The zero-order valence-corrected chi connectivity index (χ0v) is 11.0. The number of carbonyl (C=O) groups excluding carboxylic acids is 2. The number of unbranched alkanes of at least 4 members (excludes halogenated alkanes) is 1. The minimum atomic E-state index is -1.15. The molecule has 110 valence electrons. The Labute approximate surface area is 111 Å². The number of rotatable bonds is 9. The number of nitrogens with one attached hydrogen (secondary N) is 2. The van der Waals surface area contributed by atoms with Crippen LogP contribution in [-0.2, 0) is 14.4 Å². The zero-order valence-electron chi connectivity index (χ0n) is 11.0. The van der Waals surface area contributed by atoms with Gasteiger partial charge in [-0.3, -0.25) is 14.4 Å². The molecule has 0 saturated heterocycles. The second-order valence-electron chi connectivity index (χ2n) is 4.25. The van der Waals surface area contributed by atoms with Crippen molar-refractivity contribution in [2.24, 2.45) is 11.5 Å². The molecule has 8 heteroatoms. The van der Waals surface area contributed by atoms with Gasteiger partial charge in [0.2, 0.25) is 11.8 Å². The lowest BCUT2D eigenvalue weighted by Gasteiger charge is -2.19. The Bertz CT molecular complexity index is 320. The molecule has 19 heavy (non-hydrogen) atoms. The van der Waals surface area contributed by atoms with E-state index in [4.69, 9.17) is 16.6 Å². The second kappa shape index (κ2) is 9.29. The smallest absolute Gasteiger partial charge is 0.322 e. The summed E-state index contributed by atoms with van der Waals surface area (Å²) in [4.78, 5) is 33.6. The predicted octanol–water partition coefficient (Wildman–Crippen LogP) is -1.85. The van der Waals surface area contributed by atoms with E-state index in [0.29, 0.717) is 19.4 Å². The molecule has 0 aliphatic heterocycles. The van der Waals surface area contributed by atoms with Crippen molar-refractivity contribution in [1.29, 1.82) is 0 Å². The van der Waals surface area contributed by atoms with Gasteiger partial charge in [0.25, 0.3) is 0 Å². The second-order valence-corrected chi connectivity index (χ2v) is 4.25. The number of aliphatic carboxylic acids is 1. The summed E-state index contributed by atoms with van der Waals surface area (Å²) < 4.78 is 0. The number of amides is 2. The molecule has 0 heterocycles. The molecule has 2 atom stereocenters. The number of carbonyl (C=O) groups is 3. The lowest BCUT2D eigenvalue weighted by molar-refractivity contribution is -0.138. The molecule has 2 amide bonds. The number of carboxylic acid groups (broad SMARTS) is 1. The molecular weight excluding hydrogens is 252 g/mol. The molecule has 8 nitrogen and oxygen atoms in total. The molecule has 7 N–H and O–H groups in total. The van der Waals surface area contributed by atoms with E-state index in [9.17, 15) is 14.4 Å². The third-order valence-corrected chi connectivity index (χ3v) is 2.41. The predicted molar refractivity (Wildman–Crippen MR) is 69.1 cm³/mol. The van der Waals surface area contributed by atoms with Crippen LogP contribution in [0.4, 0.5) is 0 Å². The largest absolute Gasteiger partial charge is 0.480 e. The van der Waals surface area contributed by atoms with Crippen LogP contribution in [0, 0.1) is 0 Å². The first kappa shape index (κ1) is 17.3. The fourth-order valence-corrected chi connectivity index (χ4v) is 1.35. The summed E-state index contributed by atoms with van der Waals surface area (Å²) >= 11 is 0. The van der Waals surface area contributed by atoms with Crippen molar-refractivity contribution in [3.05, 3.63) is 0 Å². The summed E-state index contributed by atoms with van der Waals surface area (Å²) in [7, 11) is 0. The van der Waals surface area contributed by atoms with Gasteiger partial charge >= 0.3 is 5.97 Å². The van der Waals surface area contributed by atoms with Crippen LogP contribution in [0.5, 0.6) is 0 Å². The van der Waals surface area contributed by atoms with E-state index in [1.165, 1.54) is 6.92 Å². The first-order chi connectivity index (χ1) is 8.88. The van der Waals surface area contributed by atoms with Crippen LogP contribution in [-0.4, -0.2) is 48.1 Å². The number of hydrogen-bond acceptors (Lipinski definition) is 5. The molecule has 0 unspecified atom stereocenters. The van der Waals surface area contributed by atoms with E-state index in [1.54, 1.807) is 0 Å². The van der Waals surface area contributed by atoms with Gasteiger partial charge in [-0.25, -0.2) is 0 Å². The van der Waals surface area contributed by atoms with E-state index in [-0.39, 0.29) is 0 Å². The van der Waals surface area contributed by atoms with Crippen molar-refractivity contribution < 1.29 is 19.5 Å². The molecular formula is C11H22N4O4. The lowest BCUT2D eigenvalue weighted by Crippen LogP contribution is -2.51. The Morgan fingerprint density at radius 2 is 1.84 bits per heavy atom. The summed E-state index contributed by atoms with van der Waals surface area (Å²) in [6, 6.07) is -1.52. The van der Waals surface area contributed by atoms with Crippen LogP contribution in [0.3, 0.4) is 0 Å². The average Bonchev–Trinajstić information content (AvgIpc) is 2.34. The summed E-state index contributed by atoms with van der Waals surface area (Å²) in [5, 5.41) is 13.2. The van der Waals surface area contributed by atoms with Crippen molar-refractivity contribution in [3.8, 4) is 0 Å². The number of hydrogen-bond donors (Lipinski definition) is 5. The summed E-state index contributed by atoms with van der Waals surface area (Å²) in [6.45, 7) is 1.51. The monoisotopic (exact) mass is 274 g/mol. The molecule has 0 aromatic carbocycles. The number of nitrogens with two attached hydrogens (primary N) is 2. The van der Waals surface area contributed by atoms with Gasteiger partial charge in [-0.2, -0.15) is 0 Å². The average molecular weight is 274 g/mol. The van der Waals surface area contributed by atoms with Gasteiger partial charge in [-0.05, 0) is 32.7 Å². The van der Waals surface area contributed by atoms with Crippen LogP contribution in [0.2, 0.25) is 0 Å². The molecule has 0 aromatic heterocycles. The molecule has 0 aliphatic carbocycles. The fourth-order valence-electron chi connectivity index (χ4n) is 1.35. The number of carboxylic acids is 1. The Morgan fingerprint density at radius 1 is 1.21 bits per heavy atom. The Morgan fingerprint density at radius 3 is 2.32 bits per heavy atom. The SMILES string of the molecule is C[C@@H](N)C(=O)N[C@H](CCCCN)C(=O)NCC(=O)O. The molecule has 0 bridgehead atoms. The van der Waals surface area contributed by atoms with E-state index in [1.807, 2.05) is 0 Å². The van der Waals surface area contributed by atoms with Gasteiger partial charge in [-0.1, -0.05) is 0 Å². The molecule has 0 radical (unpaired) electrons. The molecule has 0 aromatic rings. The lowest BCUT2D eigenvalue weighted by atomic mass is 10.1. The van der Waals surface area contributed by atoms with Crippen molar-refractivity contribution in [2.45, 2.75) is 38.3 Å². The Hall–Kier alpha value is -1.67. The highest BCUT2D eigenvalue weighted by atomic mass is 16.4. The highest BCUT2D eigenvalue weighted by Gasteiger charge is 2.21. The highest BCUT2D eigenvalue weighted by Crippen LogP contribution is 2.01. The Kier molecular flexibility index (Phi) is 8.47. The third-order valence-electron chi connectivity index (χ3n) is 2.41. The summed E-state index contributed by atoms with van der Waals surface area (Å²) in [6.07, 6.45) is 1.76. The van der Waals surface area contributed by atoms with Gasteiger partial charge in [0.1, 0.15) is 12.6 Å². The maximum Gasteiger partial charge on any atom is 0.322 e. The standard InChI is InChI=1S/C11H22N4O4/c1-7(13)10(18)15-8(4-2-3-5-12)11(19)14-6-9(16)17/h7-8H,2-6,12-13H2,1H3,(H,14,19)(H,15,18)(H,16,17)/t7-,8-/m1/s1. The Balaban J connectivity index is 4.42. The minimum absolute atomic E-state index is 0.390. The molecule has 0 fully saturated rings. The van der Waals surface area contributed by atoms with Gasteiger partial charge in [-0.15, -0.1) is 0 Å². The quantitative estimate of drug-likeness (QED) is 0.312. The van der Waals surface area contributed by atoms with Gasteiger partial charge in [0, 0.05) is 0 Å². The van der Waals surface area contributed by atoms with Crippen molar-refractivity contribution >= 4 is 17.8 Å². The van der Waals surface area contributed by atoms with E-state index in [2.05, 4.69) is 10.6 Å². The maximum absolute atomic E-state index is 11.7. The summed E-state index contributed by atoms with van der Waals surface area (Å²) in [5.41, 5.74) is 10.8. The molecule has 0 rings (SSSR count). The molecule has 0 saturated carbocycles. The highest BCUT2D eigenvalue weighted by molar-refractivity contribution is 5.90. The van der Waals surface area contributed by atoms with Gasteiger partial charge in [0.05, 0.1) is 6.04 Å². The molecule has 0 aliphatic rings. The molecule has 0 spiro atoms. The van der Waals surface area contributed by atoms with Gasteiger partial charge < -0.3 is 27.2 Å². The minimum Gasteiger partial charge on any atom is -0.480 e. The van der Waals surface area contributed by atoms with Crippen molar-refractivity contribution in [3.63, 3.8) is 0 Å². The first-order valence-corrected chi connectivity index (χ1v) is 6.14. The fraction of sp³-hybridized carbons (Fsp3) is 0.727.